The van der Waals surface area contributed by atoms with Crippen molar-refractivity contribution in [3.8, 4) is 11.1 Å². The lowest BCUT2D eigenvalue weighted by atomic mass is 10.0. The molecule has 4 rings (SSSR count). The topological polar surface area (TPSA) is 30.7 Å². The van der Waals surface area contributed by atoms with E-state index in [2.05, 4.69) is 61.8 Å². The Hall–Kier alpha value is -1.39. The van der Waals surface area contributed by atoms with Crippen LogP contribution in [0.3, 0.4) is 0 Å². The highest BCUT2D eigenvalue weighted by Crippen LogP contribution is 2.41. The van der Waals surface area contributed by atoms with Crippen LogP contribution in [0.25, 0.3) is 22.2 Å². The molecule has 2 aromatic heterocycles. The molecule has 0 aliphatic heterocycles. The minimum absolute atomic E-state index is 0.515. The number of hydrogen-bond donors (Lipinski definition) is 0. The van der Waals surface area contributed by atoms with Crippen molar-refractivity contribution in [1.29, 1.82) is 0 Å². The van der Waals surface area contributed by atoms with Crippen molar-refractivity contribution in [2.45, 2.75) is 38.6 Å². The van der Waals surface area contributed by atoms with Gasteiger partial charge in [0.05, 0.1) is 5.39 Å². The van der Waals surface area contributed by atoms with E-state index in [1.54, 1.807) is 6.33 Å². The smallest absolute Gasteiger partial charge is 0.145 e. The zero-order valence-corrected chi connectivity index (χ0v) is 15.2. The van der Waals surface area contributed by atoms with Crippen molar-refractivity contribution >= 4 is 38.6 Å². The summed E-state index contributed by atoms with van der Waals surface area (Å²) in [5.74, 6) is 0. The van der Waals surface area contributed by atoms with Gasteiger partial charge in [-0.05, 0) is 31.4 Å². The normalized spacial score (nSPS) is 15.6. The van der Waals surface area contributed by atoms with Crippen LogP contribution in [0.15, 0.2) is 35.2 Å². The maximum absolute atomic E-state index is 6.44. The highest BCUT2D eigenvalue weighted by Gasteiger charge is 2.23. The summed E-state index contributed by atoms with van der Waals surface area (Å²) in [4.78, 5) is 8.75. The summed E-state index contributed by atoms with van der Waals surface area (Å²) < 4.78 is 3.37. The molecule has 1 aromatic carbocycles. The van der Waals surface area contributed by atoms with Crippen LogP contribution >= 0.6 is 27.5 Å². The van der Waals surface area contributed by atoms with Crippen LogP contribution in [0.2, 0.25) is 5.15 Å². The third kappa shape index (κ3) is 2.58. The number of nitrogens with zero attached hydrogens (tertiary/aromatic N) is 3. The number of aryl methyl sites for hydroxylation is 1. The molecule has 0 spiro atoms. The fraction of sp³-hybridized carbons (Fsp3) is 0.333. The Morgan fingerprint density at radius 3 is 2.74 bits per heavy atom. The molecule has 0 N–H and O–H groups in total. The van der Waals surface area contributed by atoms with Gasteiger partial charge in [0.1, 0.15) is 17.1 Å². The van der Waals surface area contributed by atoms with E-state index in [9.17, 15) is 0 Å². The van der Waals surface area contributed by atoms with E-state index in [1.165, 1.54) is 31.2 Å². The fourth-order valence-electron chi connectivity index (χ4n) is 3.56. The predicted molar refractivity (Wildman–Crippen MR) is 97.9 cm³/mol. The first-order chi connectivity index (χ1) is 11.1. The van der Waals surface area contributed by atoms with Crippen molar-refractivity contribution in [3.63, 3.8) is 0 Å². The molecule has 0 amide bonds. The third-order valence-electron chi connectivity index (χ3n) is 4.69. The molecule has 1 fully saturated rings. The molecule has 0 radical (unpaired) electrons. The van der Waals surface area contributed by atoms with Crippen LogP contribution in [-0.2, 0) is 0 Å². The Bertz CT molecular complexity index is 881. The molecule has 1 aliphatic carbocycles. The Kier molecular flexibility index (Phi) is 3.90. The van der Waals surface area contributed by atoms with E-state index >= 15 is 0 Å². The summed E-state index contributed by atoms with van der Waals surface area (Å²) in [6.07, 6.45) is 8.75. The Balaban J connectivity index is 2.01. The van der Waals surface area contributed by atoms with Gasteiger partial charge in [-0.2, -0.15) is 0 Å². The summed E-state index contributed by atoms with van der Waals surface area (Å²) in [6, 6.07) is 6.88. The van der Waals surface area contributed by atoms with E-state index < -0.39 is 0 Å². The first-order valence-corrected chi connectivity index (χ1v) is 9.10. The average molecular weight is 391 g/mol. The molecule has 2 heterocycles. The second-order valence-corrected chi connectivity index (χ2v) is 7.45. The Morgan fingerprint density at radius 2 is 1.96 bits per heavy atom. The van der Waals surface area contributed by atoms with Gasteiger partial charge in [-0.25, -0.2) is 9.97 Å². The molecular formula is C18H17BrClN3. The highest BCUT2D eigenvalue weighted by molar-refractivity contribution is 9.10. The van der Waals surface area contributed by atoms with Gasteiger partial charge in [-0.3, -0.25) is 0 Å². The number of fused-ring (bicyclic) bond motifs is 1. The number of halogens is 2. The van der Waals surface area contributed by atoms with E-state index in [1.807, 2.05) is 0 Å². The van der Waals surface area contributed by atoms with Gasteiger partial charge in [0.15, 0.2) is 0 Å². The Morgan fingerprint density at radius 1 is 1.17 bits per heavy atom. The van der Waals surface area contributed by atoms with Crippen molar-refractivity contribution < 1.29 is 0 Å². The minimum atomic E-state index is 0.515. The standard InChI is InChI=1S/C18H17BrClN3/c1-11-6-7-15(19)13(8-11)14-9-23(12-4-2-3-5-12)18-16(14)17(20)21-10-22-18/h6-10,12H,2-5H2,1H3. The summed E-state index contributed by atoms with van der Waals surface area (Å²) in [5.41, 5.74) is 4.41. The molecule has 0 unspecified atom stereocenters. The highest BCUT2D eigenvalue weighted by atomic mass is 79.9. The second kappa shape index (κ2) is 5.91. The quantitative estimate of drug-likeness (QED) is 0.507. The van der Waals surface area contributed by atoms with Gasteiger partial charge in [0.25, 0.3) is 0 Å². The van der Waals surface area contributed by atoms with Gasteiger partial charge in [0.2, 0.25) is 0 Å². The SMILES string of the molecule is Cc1ccc(Br)c(-c2cn(C3CCCC3)c3ncnc(Cl)c23)c1. The molecule has 0 bridgehead atoms. The number of rotatable bonds is 2. The van der Waals surface area contributed by atoms with Crippen molar-refractivity contribution in [1.82, 2.24) is 14.5 Å². The van der Waals surface area contributed by atoms with Crippen LogP contribution in [-0.4, -0.2) is 14.5 Å². The zero-order chi connectivity index (χ0) is 16.0. The third-order valence-corrected chi connectivity index (χ3v) is 5.67. The van der Waals surface area contributed by atoms with Crippen LogP contribution in [0, 0.1) is 6.92 Å². The summed E-state index contributed by atoms with van der Waals surface area (Å²) >= 11 is 10.1. The molecule has 1 aliphatic rings. The number of aromatic nitrogens is 3. The average Bonchev–Trinajstić information content (AvgIpc) is 3.17. The lowest BCUT2D eigenvalue weighted by Gasteiger charge is -2.12. The maximum Gasteiger partial charge on any atom is 0.145 e. The van der Waals surface area contributed by atoms with Crippen molar-refractivity contribution in [2.75, 3.05) is 0 Å². The van der Waals surface area contributed by atoms with Crippen LogP contribution in [0.4, 0.5) is 0 Å². The lowest BCUT2D eigenvalue weighted by molar-refractivity contribution is 0.532. The molecule has 3 aromatic rings. The molecule has 0 atom stereocenters. The maximum atomic E-state index is 6.44. The van der Waals surface area contributed by atoms with Crippen LogP contribution in [0.5, 0.6) is 0 Å². The van der Waals surface area contributed by atoms with Crippen LogP contribution < -0.4 is 0 Å². The van der Waals surface area contributed by atoms with Crippen molar-refractivity contribution in [3.05, 3.63) is 45.9 Å². The molecule has 3 nitrogen and oxygen atoms in total. The zero-order valence-electron chi connectivity index (χ0n) is 12.9. The molecular weight excluding hydrogens is 374 g/mol. The number of benzene rings is 1. The van der Waals surface area contributed by atoms with Gasteiger partial charge in [-0.1, -0.05) is 58.1 Å². The Labute approximate surface area is 148 Å². The monoisotopic (exact) mass is 389 g/mol. The van der Waals surface area contributed by atoms with Crippen molar-refractivity contribution in [2.24, 2.45) is 0 Å². The molecule has 23 heavy (non-hydrogen) atoms. The first kappa shape index (κ1) is 15.2. The van der Waals surface area contributed by atoms with E-state index in [0.717, 1.165) is 26.6 Å². The fourth-order valence-corrected chi connectivity index (χ4v) is 4.25. The summed E-state index contributed by atoms with van der Waals surface area (Å²) in [6.45, 7) is 2.10. The largest absolute Gasteiger partial charge is 0.329 e. The molecule has 0 saturated heterocycles. The van der Waals surface area contributed by atoms with Gasteiger partial charge in [-0.15, -0.1) is 0 Å². The van der Waals surface area contributed by atoms with Gasteiger partial charge >= 0.3 is 0 Å². The van der Waals surface area contributed by atoms with Gasteiger partial charge in [0, 0.05) is 22.3 Å². The van der Waals surface area contributed by atoms with E-state index in [-0.39, 0.29) is 0 Å². The lowest BCUT2D eigenvalue weighted by Crippen LogP contribution is -2.03. The van der Waals surface area contributed by atoms with E-state index in [4.69, 9.17) is 11.6 Å². The van der Waals surface area contributed by atoms with Crippen LogP contribution in [0.1, 0.15) is 37.3 Å². The molecule has 5 heteroatoms. The molecule has 1 saturated carbocycles. The summed E-state index contributed by atoms with van der Waals surface area (Å²) in [7, 11) is 0. The van der Waals surface area contributed by atoms with Gasteiger partial charge < -0.3 is 4.57 Å². The first-order valence-electron chi connectivity index (χ1n) is 7.92. The minimum Gasteiger partial charge on any atom is -0.329 e. The van der Waals surface area contributed by atoms with E-state index in [0.29, 0.717) is 11.2 Å². The second-order valence-electron chi connectivity index (χ2n) is 6.23. The number of hydrogen-bond acceptors (Lipinski definition) is 2. The molecule has 118 valence electrons. The summed E-state index contributed by atoms with van der Waals surface area (Å²) in [5, 5.41) is 1.47. The predicted octanol–water partition coefficient (Wildman–Crippen LogP) is 5.94.